The molecule has 2 aromatic carbocycles. The minimum atomic E-state index is -0.0350. The van der Waals surface area contributed by atoms with Crippen molar-refractivity contribution in [3.63, 3.8) is 0 Å². The number of hydrogen-bond acceptors (Lipinski definition) is 2. The highest BCUT2D eigenvalue weighted by Gasteiger charge is 2.18. The Bertz CT molecular complexity index is 802. The van der Waals surface area contributed by atoms with Gasteiger partial charge in [0.2, 0.25) is 0 Å². The van der Waals surface area contributed by atoms with Gasteiger partial charge in [-0.1, -0.05) is 55.8 Å². The summed E-state index contributed by atoms with van der Waals surface area (Å²) in [4.78, 5) is 4.82. The summed E-state index contributed by atoms with van der Waals surface area (Å²) in [5.41, 5.74) is 11.2. The van der Waals surface area contributed by atoms with Crippen LogP contribution in [0.2, 0.25) is 0 Å². The maximum absolute atomic E-state index is 6.46. The molecule has 2 N–H and O–H groups in total. The average molecular weight is 307 g/mol. The van der Waals surface area contributed by atoms with Gasteiger partial charge in [-0.05, 0) is 37.0 Å². The van der Waals surface area contributed by atoms with Gasteiger partial charge in [-0.25, -0.2) is 4.98 Å². The number of aryl methyl sites for hydroxylation is 1. The fourth-order valence-corrected chi connectivity index (χ4v) is 3.15. The van der Waals surface area contributed by atoms with Crippen LogP contribution in [0, 0.1) is 12.8 Å². The maximum Gasteiger partial charge on any atom is 0.127 e. The van der Waals surface area contributed by atoms with Crippen LogP contribution in [0.15, 0.2) is 48.5 Å². The molecule has 0 aliphatic rings. The molecule has 0 aliphatic heterocycles. The molecule has 0 unspecified atom stereocenters. The third-order valence-electron chi connectivity index (χ3n) is 4.16. The Balaban J connectivity index is 2.05. The van der Waals surface area contributed by atoms with Crippen molar-refractivity contribution in [1.29, 1.82) is 0 Å². The lowest BCUT2D eigenvalue weighted by Gasteiger charge is -2.16. The predicted octanol–water partition coefficient (Wildman–Crippen LogP) is 4.44. The third kappa shape index (κ3) is 3.45. The lowest BCUT2D eigenvalue weighted by Crippen LogP contribution is -2.19. The summed E-state index contributed by atoms with van der Waals surface area (Å²) in [5, 5.41) is 0. The summed E-state index contributed by atoms with van der Waals surface area (Å²) in [6.07, 6.45) is 0.942. The Morgan fingerprint density at radius 1 is 1.09 bits per heavy atom. The van der Waals surface area contributed by atoms with E-state index in [2.05, 4.69) is 67.8 Å². The largest absolute Gasteiger partial charge is 0.322 e. The van der Waals surface area contributed by atoms with Gasteiger partial charge in [0.25, 0.3) is 0 Å². The average Bonchev–Trinajstić information content (AvgIpc) is 2.86. The molecule has 120 valence electrons. The van der Waals surface area contributed by atoms with Gasteiger partial charge in [-0.3, -0.25) is 0 Å². The summed E-state index contributed by atoms with van der Waals surface area (Å²) in [6, 6.07) is 16.9. The highest BCUT2D eigenvalue weighted by Crippen LogP contribution is 2.25. The molecule has 3 nitrogen and oxygen atoms in total. The molecule has 0 bridgehead atoms. The molecule has 0 aliphatic carbocycles. The standard InChI is InChI=1S/C20H25N3/c1-14(2)11-17(21)20-22-18-9-4-5-10-19(18)23(20)13-16-8-6-7-15(3)12-16/h4-10,12,14,17H,11,13,21H2,1-3H3/t17-/m0/s1. The van der Waals surface area contributed by atoms with Gasteiger partial charge in [0.15, 0.2) is 0 Å². The first-order chi connectivity index (χ1) is 11.0. The van der Waals surface area contributed by atoms with Crippen LogP contribution in [0.1, 0.15) is 43.3 Å². The van der Waals surface area contributed by atoms with Crippen molar-refractivity contribution >= 4 is 11.0 Å². The molecular weight excluding hydrogens is 282 g/mol. The number of imidazole rings is 1. The fourth-order valence-electron chi connectivity index (χ4n) is 3.15. The van der Waals surface area contributed by atoms with E-state index in [1.54, 1.807) is 0 Å². The Morgan fingerprint density at radius 3 is 2.61 bits per heavy atom. The van der Waals surface area contributed by atoms with Crippen molar-refractivity contribution in [2.75, 3.05) is 0 Å². The molecule has 3 heteroatoms. The molecule has 1 atom stereocenters. The summed E-state index contributed by atoms with van der Waals surface area (Å²) in [7, 11) is 0. The normalized spacial score (nSPS) is 12.9. The van der Waals surface area contributed by atoms with Gasteiger partial charge >= 0.3 is 0 Å². The Kier molecular flexibility index (Phi) is 4.49. The van der Waals surface area contributed by atoms with Gasteiger partial charge < -0.3 is 10.3 Å². The lowest BCUT2D eigenvalue weighted by molar-refractivity contribution is 0.481. The molecule has 0 amide bonds. The van der Waals surface area contributed by atoms with Crippen LogP contribution < -0.4 is 5.73 Å². The number of fused-ring (bicyclic) bond motifs is 1. The van der Waals surface area contributed by atoms with Gasteiger partial charge in [0.05, 0.1) is 17.1 Å². The van der Waals surface area contributed by atoms with Crippen molar-refractivity contribution in [3.8, 4) is 0 Å². The highest BCUT2D eigenvalue weighted by molar-refractivity contribution is 5.76. The number of nitrogens with two attached hydrogens (primary N) is 1. The van der Waals surface area contributed by atoms with Crippen molar-refractivity contribution in [1.82, 2.24) is 9.55 Å². The van der Waals surface area contributed by atoms with Crippen molar-refractivity contribution in [2.24, 2.45) is 11.7 Å². The number of aromatic nitrogens is 2. The first-order valence-electron chi connectivity index (χ1n) is 8.31. The van der Waals surface area contributed by atoms with Crippen LogP contribution in [0.4, 0.5) is 0 Å². The van der Waals surface area contributed by atoms with E-state index >= 15 is 0 Å². The molecular formula is C20H25N3. The summed E-state index contributed by atoms with van der Waals surface area (Å²) < 4.78 is 2.27. The minimum Gasteiger partial charge on any atom is -0.322 e. The van der Waals surface area contributed by atoms with E-state index in [1.807, 2.05) is 6.07 Å². The van der Waals surface area contributed by atoms with Crippen LogP contribution in [-0.2, 0) is 6.54 Å². The van der Waals surface area contributed by atoms with Crippen molar-refractivity contribution in [2.45, 2.75) is 39.8 Å². The molecule has 3 rings (SSSR count). The number of hydrogen-bond donors (Lipinski definition) is 1. The maximum atomic E-state index is 6.46. The zero-order valence-electron chi connectivity index (χ0n) is 14.2. The number of nitrogens with zero attached hydrogens (tertiary/aromatic N) is 2. The highest BCUT2D eigenvalue weighted by atomic mass is 15.1. The molecule has 1 aromatic heterocycles. The Morgan fingerprint density at radius 2 is 1.87 bits per heavy atom. The monoisotopic (exact) mass is 307 g/mol. The Hall–Kier alpha value is -2.13. The van der Waals surface area contributed by atoms with E-state index in [0.29, 0.717) is 5.92 Å². The molecule has 3 aromatic rings. The second-order valence-electron chi connectivity index (χ2n) is 6.77. The number of para-hydroxylation sites is 2. The minimum absolute atomic E-state index is 0.0350. The molecule has 1 heterocycles. The molecule has 0 spiro atoms. The fraction of sp³-hybridized carbons (Fsp3) is 0.350. The molecule has 0 saturated carbocycles. The van der Waals surface area contributed by atoms with Gasteiger partial charge in [0, 0.05) is 6.54 Å². The van der Waals surface area contributed by atoms with Crippen LogP contribution >= 0.6 is 0 Å². The first kappa shape index (κ1) is 15.8. The quantitative estimate of drug-likeness (QED) is 0.757. The van der Waals surface area contributed by atoms with Gasteiger partial charge in [-0.2, -0.15) is 0 Å². The van der Waals surface area contributed by atoms with E-state index in [9.17, 15) is 0 Å². The molecule has 0 fully saturated rings. The van der Waals surface area contributed by atoms with E-state index in [-0.39, 0.29) is 6.04 Å². The summed E-state index contributed by atoms with van der Waals surface area (Å²) >= 11 is 0. The zero-order valence-corrected chi connectivity index (χ0v) is 14.2. The molecule has 23 heavy (non-hydrogen) atoms. The van der Waals surface area contributed by atoms with Crippen molar-refractivity contribution in [3.05, 3.63) is 65.5 Å². The van der Waals surface area contributed by atoms with Crippen LogP contribution in [0.5, 0.6) is 0 Å². The number of benzene rings is 2. The van der Waals surface area contributed by atoms with Crippen LogP contribution in [0.25, 0.3) is 11.0 Å². The zero-order chi connectivity index (χ0) is 16.4. The first-order valence-corrected chi connectivity index (χ1v) is 8.31. The van der Waals surface area contributed by atoms with Crippen LogP contribution in [-0.4, -0.2) is 9.55 Å². The van der Waals surface area contributed by atoms with E-state index in [1.165, 1.54) is 11.1 Å². The second kappa shape index (κ2) is 6.55. The van der Waals surface area contributed by atoms with Crippen molar-refractivity contribution < 1.29 is 0 Å². The summed E-state index contributed by atoms with van der Waals surface area (Å²) in [5.74, 6) is 1.54. The predicted molar refractivity (Wildman–Crippen MR) is 96.4 cm³/mol. The molecule has 0 saturated heterocycles. The topological polar surface area (TPSA) is 43.8 Å². The number of rotatable bonds is 5. The summed E-state index contributed by atoms with van der Waals surface area (Å²) in [6.45, 7) is 7.34. The molecule has 0 radical (unpaired) electrons. The van der Waals surface area contributed by atoms with Gasteiger partial charge in [0.1, 0.15) is 5.82 Å². The Labute approximate surface area is 138 Å². The van der Waals surface area contributed by atoms with E-state index < -0.39 is 0 Å². The SMILES string of the molecule is Cc1cccc(Cn2c([C@@H](N)CC(C)C)nc3ccccc32)c1. The third-order valence-corrected chi connectivity index (χ3v) is 4.16. The van der Waals surface area contributed by atoms with E-state index in [0.717, 1.165) is 29.8 Å². The lowest BCUT2D eigenvalue weighted by atomic mass is 10.0. The van der Waals surface area contributed by atoms with E-state index in [4.69, 9.17) is 10.7 Å². The smallest absolute Gasteiger partial charge is 0.127 e. The van der Waals surface area contributed by atoms with Crippen LogP contribution in [0.3, 0.4) is 0 Å². The van der Waals surface area contributed by atoms with Gasteiger partial charge in [-0.15, -0.1) is 0 Å². The second-order valence-corrected chi connectivity index (χ2v) is 6.77.